The molecular formula is C27H34FN3O4. The number of likely N-dealkylation sites (tertiary alicyclic amines) is 1. The highest BCUT2D eigenvalue weighted by atomic mass is 19.1. The Hall–Kier alpha value is -2.97. The van der Waals surface area contributed by atoms with Gasteiger partial charge in [0.15, 0.2) is 0 Å². The third-order valence-corrected chi connectivity index (χ3v) is 6.94. The van der Waals surface area contributed by atoms with Gasteiger partial charge in [-0.1, -0.05) is 12.1 Å². The fourth-order valence-corrected chi connectivity index (χ4v) is 4.67. The van der Waals surface area contributed by atoms with Crippen molar-refractivity contribution in [1.29, 1.82) is 0 Å². The van der Waals surface area contributed by atoms with Gasteiger partial charge in [-0.2, -0.15) is 0 Å². The second-order valence-electron chi connectivity index (χ2n) is 9.51. The molecule has 1 heterocycles. The van der Waals surface area contributed by atoms with Gasteiger partial charge >= 0.3 is 0 Å². The molecule has 1 aliphatic heterocycles. The number of carbonyl (C=O) groups excluding carboxylic acids is 2. The molecule has 2 fully saturated rings. The molecule has 8 heteroatoms. The van der Waals surface area contributed by atoms with Crippen molar-refractivity contribution in [2.45, 2.75) is 43.7 Å². The summed E-state index contributed by atoms with van der Waals surface area (Å²) in [5.41, 5.74) is 1.60. The van der Waals surface area contributed by atoms with Gasteiger partial charge in [-0.15, -0.1) is 0 Å². The monoisotopic (exact) mass is 483 g/mol. The lowest BCUT2D eigenvalue weighted by Crippen LogP contribution is -2.50. The van der Waals surface area contributed by atoms with E-state index in [-0.39, 0.29) is 18.1 Å². The highest BCUT2D eigenvalue weighted by molar-refractivity contribution is 5.97. The molecule has 35 heavy (non-hydrogen) atoms. The van der Waals surface area contributed by atoms with Crippen LogP contribution in [0.4, 0.5) is 4.39 Å². The Balaban J connectivity index is 1.26. The normalized spacial score (nSPS) is 22.0. The number of halogens is 1. The molecule has 3 atom stereocenters. The van der Waals surface area contributed by atoms with E-state index in [4.69, 9.17) is 9.47 Å². The zero-order valence-electron chi connectivity index (χ0n) is 20.4. The Labute approximate surface area is 206 Å². The highest BCUT2D eigenvalue weighted by Gasteiger charge is 2.50. The van der Waals surface area contributed by atoms with Crippen LogP contribution in [0.1, 0.15) is 48.0 Å². The number of hydrogen-bond acceptors (Lipinski definition) is 5. The summed E-state index contributed by atoms with van der Waals surface area (Å²) in [6, 6.07) is 12.7. The topological polar surface area (TPSA) is 79.9 Å². The smallest absolute Gasteiger partial charge is 0.251 e. The van der Waals surface area contributed by atoms with Crippen LogP contribution in [0.5, 0.6) is 5.75 Å². The van der Waals surface area contributed by atoms with Crippen LogP contribution in [0.25, 0.3) is 0 Å². The first kappa shape index (κ1) is 25.1. The number of nitrogens with zero attached hydrogens (tertiary/aromatic N) is 1. The van der Waals surface area contributed by atoms with E-state index in [1.54, 1.807) is 12.0 Å². The van der Waals surface area contributed by atoms with Crippen molar-refractivity contribution < 1.29 is 23.5 Å². The first-order valence-electron chi connectivity index (χ1n) is 12.2. The third kappa shape index (κ3) is 6.38. The molecule has 1 unspecified atom stereocenters. The molecule has 0 spiro atoms. The summed E-state index contributed by atoms with van der Waals surface area (Å²) >= 11 is 0. The van der Waals surface area contributed by atoms with E-state index in [0.29, 0.717) is 37.7 Å². The summed E-state index contributed by atoms with van der Waals surface area (Å²) in [7, 11) is 1.66. The molecule has 2 amide bonds. The van der Waals surface area contributed by atoms with Crippen LogP contribution >= 0.6 is 0 Å². The van der Waals surface area contributed by atoms with Crippen LogP contribution in [-0.4, -0.2) is 68.3 Å². The van der Waals surface area contributed by atoms with Crippen LogP contribution in [-0.2, 0) is 9.53 Å². The van der Waals surface area contributed by atoms with Gasteiger partial charge in [0, 0.05) is 36.7 Å². The predicted octanol–water partition coefficient (Wildman–Crippen LogP) is 3.11. The lowest BCUT2D eigenvalue weighted by Gasteiger charge is -2.24. The number of nitrogens with one attached hydrogen (secondary N) is 2. The van der Waals surface area contributed by atoms with Gasteiger partial charge in [0.25, 0.3) is 5.91 Å². The van der Waals surface area contributed by atoms with Gasteiger partial charge in [0.05, 0.1) is 20.3 Å². The lowest BCUT2D eigenvalue weighted by atomic mass is 10.1. The Bertz CT molecular complexity index is 1010. The molecule has 0 bridgehead atoms. The molecule has 1 saturated carbocycles. The molecule has 1 saturated heterocycles. The minimum Gasteiger partial charge on any atom is -0.497 e. The second-order valence-corrected chi connectivity index (χ2v) is 9.51. The van der Waals surface area contributed by atoms with Gasteiger partial charge in [0.2, 0.25) is 5.91 Å². The van der Waals surface area contributed by atoms with E-state index in [2.05, 4.69) is 29.7 Å². The fraction of sp³-hybridized carbons (Fsp3) is 0.481. The quantitative estimate of drug-likeness (QED) is 0.480. The minimum atomic E-state index is -0.783. The standard InChI is InChI=1S/C27H34FN3O4/c1-27(17-23(27)19-7-11-22(34-2)12-8-19)29-13-16-35-18-24(26(33)31-14-3-4-15-31)30-25(32)20-5-9-21(28)10-6-20/h5-12,23-24,29H,3-4,13-18H2,1-2H3,(H,30,32)/t23-,24-,27?/m0/s1. The molecule has 0 aromatic heterocycles. The van der Waals surface area contributed by atoms with E-state index in [1.165, 1.54) is 29.8 Å². The maximum Gasteiger partial charge on any atom is 0.251 e. The molecule has 4 rings (SSSR count). The van der Waals surface area contributed by atoms with E-state index >= 15 is 0 Å². The van der Waals surface area contributed by atoms with Crippen molar-refractivity contribution in [3.63, 3.8) is 0 Å². The van der Waals surface area contributed by atoms with E-state index < -0.39 is 17.8 Å². The Kier molecular flexibility index (Phi) is 8.03. The van der Waals surface area contributed by atoms with E-state index in [0.717, 1.165) is 25.0 Å². The van der Waals surface area contributed by atoms with Crippen molar-refractivity contribution in [1.82, 2.24) is 15.5 Å². The van der Waals surface area contributed by atoms with Crippen molar-refractivity contribution in [3.05, 3.63) is 65.5 Å². The zero-order valence-corrected chi connectivity index (χ0v) is 20.4. The van der Waals surface area contributed by atoms with Gasteiger partial charge in [-0.25, -0.2) is 4.39 Å². The summed E-state index contributed by atoms with van der Waals surface area (Å²) in [6.07, 6.45) is 2.97. The van der Waals surface area contributed by atoms with Crippen molar-refractivity contribution in [2.24, 2.45) is 0 Å². The number of carbonyl (C=O) groups is 2. The molecule has 2 aromatic carbocycles. The van der Waals surface area contributed by atoms with Crippen molar-refractivity contribution in [2.75, 3.05) is 40.0 Å². The fourth-order valence-electron chi connectivity index (χ4n) is 4.67. The average Bonchev–Trinajstić information content (AvgIpc) is 3.26. The van der Waals surface area contributed by atoms with Gasteiger partial charge in [-0.3, -0.25) is 9.59 Å². The maximum absolute atomic E-state index is 13.2. The van der Waals surface area contributed by atoms with Crippen molar-refractivity contribution in [3.8, 4) is 5.75 Å². The van der Waals surface area contributed by atoms with Gasteiger partial charge in [0.1, 0.15) is 17.6 Å². The number of ether oxygens (including phenoxy) is 2. The average molecular weight is 484 g/mol. The number of benzene rings is 2. The number of methoxy groups -OCH3 is 1. The first-order chi connectivity index (χ1) is 16.9. The predicted molar refractivity (Wildman–Crippen MR) is 131 cm³/mol. The van der Waals surface area contributed by atoms with E-state index in [9.17, 15) is 14.0 Å². The van der Waals surface area contributed by atoms with Crippen LogP contribution in [0.3, 0.4) is 0 Å². The number of rotatable bonds is 11. The summed E-state index contributed by atoms with van der Waals surface area (Å²) in [6.45, 7) is 4.72. The highest BCUT2D eigenvalue weighted by Crippen LogP contribution is 2.51. The lowest BCUT2D eigenvalue weighted by molar-refractivity contribution is -0.133. The molecule has 0 radical (unpaired) electrons. The molecule has 2 aliphatic rings. The van der Waals surface area contributed by atoms with Crippen LogP contribution in [0, 0.1) is 5.82 Å². The van der Waals surface area contributed by atoms with Gasteiger partial charge < -0.3 is 25.0 Å². The summed E-state index contributed by atoms with van der Waals surface area (Å²) in [5.74, 6) is 0.312. The van der Waals surface area contributed by atoms with Crippen LogP contribution in [0.2, 0.25) is 0 Å². The minimum absolute atomic E-state index is 0.0134. The maximum atomic E-state index is 13.2. The molecule has 7 nitrogen and oxygen atoms in total. The number of hydrogen-bond donors (Lipinski definition) is 2. The third-order valence-electron chi connectivity index (χ3n) is 6.94. The molecule has 2 aromatic rings. The zero-order chi connectivity index (χ0) is 24.8. The Morgan fingerprint density at radius 1 is 1.11 bits per heavy atom. The Morgan fingerprint density at radius 2 is 1.80 bits per heavy atom. The van der Waals surface area contributed by atoms with E-state index in [1.807, 2.05) is 12.1 Å². The SMILES string of the molecule is COc1ccc([C@@H]2CC2(C)NCCOC[C@H](NC(=O)c2ccc(F)cc2)C(=O)N2CCCC2)cc1. The largest absolute Gasteiger partial charge is 0.497 e. The molecule has 1 aliphatic carbocycles. The summed E-state index contributed by atoms with van der Waals surface area (Å²) in [5, 5.41) is 6.34. The summed E-state index contributed by atoms with van der Waals surface area (Å²) in [4.78, 5) is 27.4. The second kappa shape index (κ2) is 11.2. The molecule has 188 valence electrons. The number of amides is 2. The molecule has 2 N–H and O–H groups in total. The molecular weight excluding hydrogens is 449 g/mol. The van der Waals surface area contributed by atoms with Crippen molar-refractivity contribution >= 4 is 11.8 Å². The van der Waals surface area contributed by atoms with Crippen LogP contribution in [0.15, 0.2) is 48.5 Å². The Morgan fingerprint density at radius 3 is 2.46 bits per heavy atom. The summed E-state index contributed by atoms with van der Waals surface area (Å²) < 4.78 is 24.3. The van der Waals surface area contributed by atoms with Gasteiger partial charge in [-0.05, 0) is 68.1 Å². The van der Waals surface area contributed by atoms with Crippen LogP contribution < -0.4 is 15.4 Å². The first-order valence-corrected chi connectivity index (χ1v) is 12.2.